The first-order valence-corrected chi connectivity index (χ1v) is 5.00. The molecule has 0 aliphatic rings. The highest BCUT2D eigenvalue weighted by molar-refractivity contribution is 5.49. The summed E-state index contributed by atoms with van der Waals surface area (Å²) in [5, 5.41) is 0. The second kappa shape index (κ2) is 10.4. The molecule has 1 nitrogen and oxygen atoms in total. The number of hydrogen-bond acceptors (Lipinski definition) is 1. The molecule has 0 unspecified atom stereocenters. The van der Waals surface area contributed by atoms with Gasteiger partial charge in [0, 0.05) is 6.42 Å². The van der Waals surface area contributed by atoms with Gasteiger partial charge in [0.25, 0.3) is 0 Å². The van der Waals surface area contributed by atoms with Crippen LogP contribution in [0.3, 0.4) is 0 Å². The summed E-state index contributed by atoms with van der Waals surface area (Å²) in [6.07, 6.45) is 13.3. The molecule has 0 aromatic rings. The van der Waals surface area contributed by atoms with Gasteiger partial charge in [0.2, 0.25) is 0 Å². The maximum absolute atomic E-state index is 9.95. The third-order valence-corrected chi connectivity index (χ3v) is 1.84. The van der Waals surface area contributed by atoms with Crippen molar-refractivity contribution in [2.75, 3.05) is 0 Å². The molecule has 70 valence electrons. The molecule has 0 spiro atoms. The topological polar surface area (TPSA) is 17.1 Å². The van der Waals surface area contributed by atoms with E-state index in [0.29, 0.717) is 6.42 Å². The molecule has 0 atom stereocenters. The van der Waals surface area contributed by atoms with Crippen molar-refractivity contribution in [3.8, 4) is 0 Å². The fraction of sp³-hybridized carbons (Fsp3) is 0.727. The highest BCUT2D eigenvalue weighted by Gasteiger charge is 1.84. The minimum absolute atomic E-state index is 0.672. The molecule has 0 rings (SSSR count). The molecule has 0 saturated carbocycles. The first-order chi connectivity index (χ1) is 5.91. The molecule has 0 N–H and O–H groups in total. The van der Waals surface area contributed by atoms with Crippen LogP contribution in [0, 0.1) is 0 Å². The van der Waals surface area contributed by atoms with Crippen LogP contribution in [0.1, 0.15) is 51.9 Å². The molecule has 0 aliphatic heterocycles. The zero-order valence-corrected chi connectivity index (χ0v) is 8.09. The average Bonchev–Trinajstić information content (AvgIpc) is 2.10. The summed E-state index contributed by atoms with van der Waals surface area (Å²) in [6, 6.07) is 0. The summed E-state index contributed by atoms with van der Waals surface area (Å²) in [5.41, 5.74) is 0. The predicted octanol–water partition coefficient (Wildman–Crippen LogP) is 3.49. The Morgan fingerprint density at radius 3 is 2.33 bits per heavy atom. The van der Waals surface area contributed by atoms with Crippen molar-refractivity contribution in [1.29, 1.82) is 0 Å². The van der Waals surface area contributed by atoms with Gasteiger partial charge < -0.3 is 4.79 Å². The van der Waals surface area contributed by atoms with Crippen molar-refractivity contribution >= 4 is 6.29 Å². The average molecular weight is 168 g/mol. The van der Waals surface area contributed by atoms with E-state index < -0.39 is 0 Å². The van der Waals surface area contributed by atoms with Crippen molar-refractivity contribution < 1.29 is 4.79 Å². The zero-order valence-electron chi connectivity index (χ0n) is 8.09. The first kappa shape index (κ1) is 11.4. The number of hydrogen-bond donors (Lipinski definition) is 0. The molecular formula is C11H20O. The van der Waals surface area contributed by atoms with Crippen molar-refractivity contribution in [3.63, 3.8) is 0 Å². The van der Waals surface area contributed by atoms with E-state index in [2.05, 4.69) is 19.1 Å². The largest absolute Gasteiger partial charge is 0.303 e. The molecule has 0 aromatic heterocycles. The summed E-state index contributed by atoms with van der Waals surface area (Å²) in [5.74, 6) is 0. The molecular weight excluding hydrogens is 148 g/mol. The van der Waals surface area contributed by atoms with Gasteiger partial charge >= 0.3 is 0 Å². The molecule has 0 aliphatic carbocycles. The van der Waals surface area contributed by atoms with Gasteiger partial charge in [-0.05, 0) is 19.3 Å². The van der Waals surface area contributed by atoms with E-state index >= 15 is 0 Å². The van der Waals surface area contributed by atoms with Gasteiger partial charge in [-0.2, -0.15) is 0 Å². The van der Waals surface area contributed by atoms with Crippen molar-refractivity contribution in [3.05, 3.63) is 12.2 Å². The Hall–Kier alpha value is -0.590. The van der Waals surface area contributed by atoms with Gasteiger partial charge in [-0.3, -0.25) is 0 Å². The molecule has 0 fully saturated rings. The second-order valence-electron chi connectivity index (χ2n) is 3.06. The third-order valence-electron chi connectivity index (χ3n) is 1.84. The van der Waals surface area contributed by atoms with Crippen LogP contribution >= 0.6 is 0 Å². The lowest BCUT2D eigenvalue weighted by Gasteiger charge is -1.93. The molecule has 0 aromatic carbocycles. The Morgan fingerprint density at radius 1 is 0.917 bits per heavy atom. The van der Waals surface area contributed by atoms with Gasteiger partial charge in [0.15, 0.2) is 0 Å². The summed E-state index contributed by atoms with van der Waals surface area (Å²) >= 11 is 0. The second-order valence-corrected chi connectivity index (χ2v) is 3.06. The number of carbonyl (C=O) groups excluding carboxylic acids is 1. The summed E-state index contributed by atoms with van der Waals surface area (Å²) in [4.78, 5) is 9.95. The summed E-state index contributed by atoms with van der Waals surface area (Å²) in [6.45, 7) is 2.22. The molecule has 0 heterocycles. The van der Waals surface area contributed by atoms with Crippen LogP contribution in [0.4, 0.5) is 0 Å². The first-order valence-electron chi connectivity index (χ1n) is 5.00. The zero-order chi connectivity index (χ0) is 9.07. The van der Waals surface area contributed by atoms with E-state index in [-0.39, 0.29) is 0 Å². The molecule has 12 heavy (non-hydrogen) atoms. The molecule has 0 amide bonds. The maximum atomic E-state index is 9.95. The minimum atomic E-state index is 0.672. The summed E-state index contributed by atoms with van der Waals surface area (Å²) < 4.78 is 0. The van der Waals surface area contributed by atoms with Crippen LogP contribution in [0.25, 0.3) is 0 Å². The SMILES string of the molecule is CCCCCC/C=C\CCC=O. The lowest BCUT2D eigenvalue weighted by atomic mass is 10.1. The molecule has 0 radical (unpaired) electrons. The lowest BCUT2D eigenvalue weighted by molar-refractivity contribution is -0.107. The van der Waals surface area contributed by atoms with Gasteiger partial charge in [-0.1, -0.05) is 38.3 Å². The Labute approximate surface area is 75.9 Å². The van der Waals surface area contributed by atoms with E-state index in [9.17, 15) is 4.79 Å². The Bertz CT molecular complexity index is 116. The standard InChI is InChI=1S/C11H20O/c1-2-3-4-5-6-7-8-9-10-11-12/h7-8,11H,2-6,9-10H2,1H3/b8-7-. The van der Waals surface area contributed by atoms with Crippen LogP contribution in [0.2, 0.25) is 0 Å². The van der Waals surface area contributed by atoms with Gasteiger partial charge in [-0.25, -0.2) is 0 Å². The third kappa shape index (κ3) is 9.41. The fourth-order valence-electron chi connectivity index (χ4n) is 1.09. The monoisotopic (exact) mass is 168 g/mol. The van der Waals surface area contributed by atoms with Crippen LogP contribution in [0.5, 0.6) is 0 Å². The highest BCUT2D eigenvalue weighted by Crippen LogP contribution is 2.03. The van der Waals surface area contributed by atoms with E-state index in [0.717, 1.165) is 12.7 Å². The highest BCUT2D eigenvalue weighted by atomic mass is 16.1. The normalized spacial score (nSPS) is 10.8. The van der Waals surface area contributed by atoms with Crippen LogP contribution in [-0.2, 0) is 4.79 Å². The Morgan fingerprint density at radius 2 is 1.67 bits per heavy atom. The van der Waals surface area contributed by atoms with Crippen molar-refractivity contribution in [1.82, 2.24) is 0 Å². The number of allylic oxidation sites excluding steroid dienone is 2. The number of aldehydes is 1. The van der Waals surface area contributed by atoms with E-state index in [1.807, 2.05) is 0 Å². The lowest BCUT2D eigenvalue weighted by Crippen LogP contribution is -1.74. The van der Waals surface area contributed by atoms with E-state index in [1.165, 1.54) is 32.1 Å². The van der Waals surface area contributed by atoms with Gasteiger partial charge in [0.05, 0.1) is 0 Å². The van der Waals surface area contributed by atoms with Gasteiger partial charge in [0.1, 0.15) is 6.29 Å². The van der Waals surface area contributed by atoms with Crippen LogP contribution in [-0.4, -0.2) is 6.29 Å². The maximum Gasteiger partial charge on any atom is 0.120 e. The molecule has 0 saturated heterocycles. The van der Waals surface area contributed by atoms with Gasteiger partial charge in [-0.15, -0.1) is 0 Å². The van der Waals surface area contributed by atoms with Crippen molar-refractivity contribution in [2.45, 2.75) is 51.9 Å². The number of unbranched alkanes of at least 4 members (excludes halogenated alkanes) is 5. The fourth-order valence-corrected chi connectivity index (χ4v) is 1.09. The molecule has 1 heteroatoms. The van der Waals surface area contributed by atoms with E-state index in [1.54, 1.807) is 0 Å². The summed E-state index contributed by atoms with van der Waals surface area (Å²) in [7, 11) is 0. The Kier molecular flexibility index (Phi) is 9.90. The number of rotatable bonds is 8. The smallest absolute Gasteiger partial charge is 0.120 e. The van der Waals surface area contributed by atoms with Crippen molar-refractivity contribution in [2.24, 2.45) is 0 Å². The predicted molar refractivity (Wildman–Crippen MR) is 53.2 cm³/mol. The number of carbonyl (C=O) groups is 1. The molecule has 0 bridgehead atoms. The Balaban J connectivity index is 2.97. The van der Waals surface area contributed by atoms with Crippen LogP contribution in [0.15, 0.2) is 12.2 Å². The minimum Gasteiger partial charge on any atom is -0.303 e. The quantitative estimate of drug-likeness (QED) is 0.308. The van der Waals surface area contributed by atoms with E-state index in [4.69, 9.17) is 0 Å². The van der Waals surface area contributed by atoms with Crippen LogP contribution < -0.4 is 0 Å².